The monoisotopic (exact) mass is 200 g/mol. The van der Waals surface area contributed by atoms with Crippen LogP contribution in [0.25, 0.3) is 0 Å². The highest BCUT2D eigenvalue weighted by atomic mass is 16.2. The molecule has 0 unspecified atom stereocenters. The van der Waals surface area contributed by atoms with Gasteiger partial charge in [0.2, 0.25) is 0 Å². The summed E-state index contributed by atoms with van der Waals surface area (Å²) < 4.78 is 0. The van der Waals surface area contributed by atoms with Crippen LogP contribution in [0.15, 0.2) is 0 Å². The van der Waals surface area contributed by atoms with E-state index in [1.165, 1.54) is 0 Å². The molecule has 5 heteroatoms. The lowest BCUT2D eigenvalue weighted by atomic mass is 10.3. The molecule has 0 spiro atoms. The van der Waals surface area contributed by atoms with E-state index in [0.717, 1.165) is 45.7 Å². The van der Waals surface area contributed by atoms with E-state index in [9.17, 15) is 4.79 Å². The molecule has 82 valence electrons. The van der Waals surface area contributed by atoms with Gasteiger partial charge in [0.1, 0.15) is 0 Å². The van der Waals surface area contributed by atoms with Gasteiger partial charge >= 0.3 is 6.03 Å². The lowest BCUT2D eigenvalue weighted by Gasteiger charge is -2.26. The quantitative estimate of drug-likeness (QED) is 0.521. The first-order chi connectivity index (χ1) is 6.83. The van der Waals surface area contributed by atoms with Gasteiger partial charge < -0.3 is 20.9 Å². The van der Waals surface area contributed by atoms with E-state index in [4.69, 9.17) is 0 Å². The van der Waals surface area contributed by atoms with Crippen molar-refractivity contribution in [3.63, 3.8) is 0 Å². The molecule has 0 aromatic rings. The van der Waals surface area contributed by atoms with Crippen LogP contribution in [0.4, 0.5) is 4.79 Å². The maximum absolute atomic E-state index is 10.8. The Morgan fingerprint density at radius 2 is 2.14 bits per heavy atom. The Morgan fingerprint density at radius 3 is 2.79 bits per heavy atom. The second-order valence-electron chi connectivity index (χ2n) is 3.45. The fourth-order valence-electron chi connectivity index (χ4n) is 1.53. The van der Waals surface area contributed by atoms with Crippen LogP contribution in [0.1, 0.15) is 6.42 Å². The van der Waals surface area contributed by atoms with Crippen molar-refractivity contribution in [1.82, 2.24) is 20.9 Å². The number of piperazine rings is 1. The summed E-state index contributed by atoms with van der Waals surface area (Å²) in [6.07, 6.45) is 1.02. The molecule has 1 aliphatic rings. The van der Waals surface area contributed by atoms with Crippen molar-refractivity contribution in [2.24, 2.45) is 0 Å². The van der Waals surface area contributed by atoms with E-state index in [2.05, 4.69) is 20.9 Å². The van der Waals surface area contributed by atoms with Gasteiger partial charge in [0.15, 0.2) is 0 Å². The zero-order valence-electron chi connectivity index (χ0n) is 8.81. The molecule has 5 nitrogen and oxygen atoms in total. The molecule has 0 saturated carbocycles. The molecular weight excluding hydrogens is 180 g/mol. The van der Waals surface area contributed by atoms with Gasteiger partial charge in [-0.2, -0.15) is 0 Å². The molecule has 1 fully saturated rings. The zero-order valence-corrected chi connectivity index (χ0v) is 8.81. The van der Waals surface area contributed by atoms with Gasteiger partial charge in [-0.25, -0.2) is 4.79 Å². The van der Waals surface area contributed by atoms with E-state index in [1.807, 2.05) is 0 Å². The standard InChI is InChI=1S/C9H20N4O/c1-10-9(14)12-3-2-6-13-7-4-11-5-8-13/h11H,2-8H2,1H3,(H2,10,12,14). The molecule has 3 N–H and O–H groups in total. The molecule has 1 saturated heterocycles. The first kappa shape index (κ1) is 11.3. The number of hydrogen-bond donors (Lipinski definition) is 3. The third-order valence-corrected chi connectivity index (χ3v) is 2.37. The van der Waals surface area contributed by atoms with Crippen LogP contribution >= 0.6 is 0 Å². The van der Waals surface area contributed by atoms with E-state index >= 15 is 0 Å². The maximum Gasteiger partial charge on any atom is 0.314 e. The van der Waals surface area contributed by atoms with Gasteiger partial charge in [-0.05, 0) is 13.0 Å². The molecule has 2 amide bonds. The van der Waals surface area contributed by atoms with Crippen molar-refractivity contribution < 1.29 is 4.79 Å². The van der Waals surface area contributed by atoms with Crippen LogP contribution in [-0.2, 0) is 0 Å². The molecule has 0 aromatic heterocycles. The highest BCUT2D eigenvalue weighted by molar-refractivity contribution is 5.73. The second kappa shape index (κ2) is 6.62. The van der Waals surface area contributed by atoms with Crippen LogP contribution in [0.5, 0.6) is 0 Å². The predicted molar refractivity (Wildman–Crippen MR) is 56.4 cm³/mol. The van der Waals surface area contributed by atoms with Crippen LogP contribution in [0.2, 0.25) is 0 Å². The number of nitrogens with one attached hydrogen (secondary N) is 3. The number of urea groups is 1. The lowest BCUT2D eigenvalue weighted by molar-refractivity contribution is 0.231. The first-order valence-electron chi connectivity index (χ1n) is 5.21. The van der Waals surface area contributed by atoms with Crippen molar-refractivity contribution in [1.29, 1.82) is 0 Å². The first-order valence-corrected chi connectivity index (χ1v) is 5.21. The highest BCUT2D eigenvalue weighted by Crippen LogP contribution is 1.93. The summed E-state index contributed by atoms with van der Waals surface area (Å²) in [6, 6.07) is -0.0923. The average molecular weight is 200 g/mol. The normalized spacial score (nSPS) is 17.8. The molecule has 1 aliphatic heterocycles. The number of nitrogens with zero attached hydrogens (tertiary/aromatic N) is 1. The Hall–Kier alpha value is -0.810. The number of rotatable bonds is 4. The number of amides is 2. The minimum Gasteiger partial charge on any atom is -0.341 e. The molecule has 0 bridgehead atoms. The third-order valence-electron chi connectivity index (χ3n) is 2.37. The van der Waals surface area contributed by atoms with Crippen molar-refractivity contribution in [2.45, 2.75) is 6.42 Å². The molecule has 14 heavy (non-hydrogen) atoms. The largest absolute Gasteiger partial charge is 0.341 e. The van der Waals surface area contributed by atoms with E-state index in [1.54, 1.807) is 7.05 Å². The number of carbonyl (C=O) groups is 1. The van der Waals surface area contributed by atoms with Crippen molar-refractivity contribution >= 4 is 6.03 Å². The summed E-state index contributed by atoms with van der Waals surface area (Å²) >= 11 is 0. The van der Waals surface area contributed by atoms with Crippen molar-refractivity contribution in [3.05, 3.63) is 0 Å². The summed E-state index contributed by atoms with van der Waals surface area (Å²) in [7, 11) is 1.63. The fourth-order valence-corrected chi connectivity index (χ4v) is 1.53. The Bertz CT molecular complexity index is 168. The molecular formula is C9H20N4O. The molecule has 0 radical (unpaired) electrons. The Kier molecular flexibility index (Phi) is 5.32. The van der Waals surface area contributed by atoms with Gasteiger partial charge in [0.25, 0.3) is 0 Å². The van der Waals surface area contributed by atoms with E-state index in [0.29, 0.717) is 0 Å². The summed E-state index contributed by atoms with van der Waals surface area (Å²) in [6.45, 7) is 6.25. The van der Waals surface area contributed by atoms with Crippen molar-refractivity contribution in [3.8, 4) is 0 Å². The van der Waals surface area contributed by atoms with Crippen LogP contribution in [0, 0.1) is 0 Å². The second-order valence-corrected chi connectivity index (χ2v) is 3.45. The summed E-state index contributed by atoms with van der Waals surface area (Å²) in [5.41, 5.74) is 0. The zero-order chi connectivity index (χ0) is 10.2. The number of hydrogen-bond acceptors (Lipinski definition) is 3. The van der Waals surface area contributed by atoms with Gasteiger partial charge in [0.05, 0.1) is 0 Å². The third kappa shape index (κ3) is 4.43. The van der Waals surface area contributed by atoms with Gasteiger partial charge in [0, 0.05) is 39.8 Å². The van der Waals surface area contributed by atoms with Crippen LogP contribution in [0.3, 0.4) is 0 Å². The summed E-state index contributed by atoms with van der Waals surface area (Å²) in [5.74, 6) is 0. The number of carbonyl (C=O) groups excluding carboxylic acids is 1. The molecule has 0 aromatic carbocycles. The Morgan fingerprint density at radius 1 is 1.43 bits per heavy atom. The average Bonchev–Trinajstić information content (AvgIpc) is 2.25. The molecule has 0 atom stereocenters. The van der Waals surface area contributed by atoms with Gasteiger partial charge in [-0.3, -0.25) is 0 Å². The predicted octanol–water partition coefficient (Wildman–Crippen LogP) is -0.789. The summed E-state index contributed by atoms with van der Waals surface area (Å²) in [4.78, 5) is 13.2. The van der Waals surface area contributed by atoms with Crippen molar-refractivity contribution in [2.75, 3.05) is 46.3 Å². The maximum atomic E-state index is 10.8. The fraction of sp³-hybridized carbons (Fsp3) is 0.889. The summed E-state index contributed by atoms with van der Waals surface area (Å²) in [5, 5.41) is 8.62. The highest BCUT2D eigenvalue weighted by Gasteiger charge is 2.08. The molecule has 1 heterocycles. The minimum absolute atomic E-state index is 0.0923. The molecule has 1 rings (SSSR count). The van der Waals surface area contributed by atoms with Gasteiger partial charge in [-0.1, -0.05) is 0 Å². The van der Waals surface area contributed by atoms with Crippen LogP contribution < -0.4 is 16.0 Å². The topological polar surface area (TPSA) is 56.4 Å². The smallest absolute Gasteiger partial charge is 0.314 e. The Balaban J connectivity index is 1.94. The van der Waals surface area contributed by atoms with Gasteiger partial charge in [-0.15, -0.1) is 0 Å². The van der Waals surface area contributed by atoms with Crippen LogP contribution in [-0.4, -0.2) is 57.2 Å². The molecule has 0 aliphatic carbocycles. The lowest BCUT2D eigenvalue weighted by Crippen LogP contribution is -2.44. The SMILES string of the molecule is CNC(=O)NCCCN1CCNCC1. The van der Waals surface area contributed by atoms with E-state index < -0.39 is 0 Å². The van der Waals surface area contributed by atoms with E-state index in [-0.39, 0.29) is 6.03 Å². The Labute approximate surface area is 85.2 Å². The minimum atomic E-state index is -0.0923.